The summed E-state index contributed by atoms with van der Waals surface area (Å²) in [6, 6.07) is 10.9. The molecule has 0 bridgehead atoms. The zero-order valence-electron chi connectivity index (χ0n) is 9.34. The Hall–Kier alpha value is -1.91. The topological polar surface area (TPSA) is 68.4 Å². The average Bonchev–Trinajstić information content (AvgIpc) is 2.40. The number of benzene rings is 1. The van der Waals surface area contributed by atoms with Crippen molar-refractivity contribution in [1.82, 2.24) is 4.98 Å². The fourth-order valence-corrected chi connectivity index (χ4v) is 1.39. The van der Waals surface area contributed by atoms with Gasteiger partial charge in [-0.25, -0.2) is 0 Å². The Morgan fingerprint density at radius 1 is 1.06 bits per heavy atom. The summed E-state index contributed by atoms with van der Waals surface area (Å²) in [5, 5.41) is 8.91. The highest BCUT2D eigenvalue weighted by atomic mass is 16.5. The van der Waals surface area contributed by atoms with Crippen molar-refractivity contribution >= 4 is 0 Å². The summed E-state index contributed by atoms with van der Waals surface area (Å²) in [6.07, 6.45) is 1.64. The van der Waals surface area contributed by atoms with Crippen LogP contribution in [0.5, 0.6) is 11.5 Å². The van der Waals surface area contributed by atoms with Gasteiger partial charge in [-0.1, -0.05) is 12.1 Å². The van der Waals surface area contributed by atoms with Gasteiger partial charge in [0, 0.05) is 6.54 Å². The monoisotopic (exact) mass is 230 g/mol. The molecule has 3 N–H and O–H groups in total. The molecule has 0 amide bonds. The van der Waals surface area contributed by atoms with Crippen LogP contribution in [0.15, 0.2) is 42.6 Å². The van der Waals surface area contributed by atoms with Crippen LogP contribution < -0.4 is 10.5 Å². The molecule has 0 spiro atoms. The van der Waals surface area contributed by atoms with E-state index in [1.807, 2.05) is 36.4 Å². The van der Waals surface area contributed by atoms with E-state index in [4.69, 9.17) is 15.6 Å². The third-order valence-corrected chi connectivity index (χ3v) is 2.35. The number of nitrogens with zero attached hydrogens (tertiary/aromatic N) is 1. The lowest BCUT2D eigenvalue weighted by Crippen LogP contribution is -1.98. The molecule has 0 aliphatic rings. The quantitative estimate of drug-likeness (QED) is 0.840. The van der Waals surface area contributed by atoms with Gasteiger partial charge in [0.15, 0.2) is 0 Å². The van der Waals surface area contributed by atoms with Gasteiger partial charge in [-0.15, -0.1) is 0 Å². The number of pyridine rings is 1. The van der Waals surface area contributed by atoms with Crippen LogP contribution in [0, 0.1) is 0 Å². The van der Waals surface area contributed by atoms with E-state index in [0.717, 1.165) is 11.3 Å². The van der Waals surface area contributed by atoms with E-state index < -0.39 is 0 Å². The number of rotatable bonds is 4. The molecule has 88 valence electrons. The maximum absolute atomic E-state index is 8.91. The van der Waals surface area contributed by atoms with Gasteiger partial charge in [0.2, 0.25) is 0 Å². The normalized spacial score (nSPS) is 10.2. The maximum Gasteiger partial charge on any atom is 0.145 e. The van der Waals surface area contributed by atoms with E-state index >= 15 is 0 Å². The Bertz CT molecular complexity index is 420. The molecule has 1 heterocycles. The van der Waals surface area contributed by atoms with E-state index in [9.17, 15) is 0 Å². The number of hydrogen-bond acceptors (Lipinski definition) is 4. The molecule has 1 aromatic heterocycles. The van der Waals surface area contributed by atoms with Crippen molar-refractivity contribution in [3.05, 3.63) is 53.9 Å². The van der Waals surface area contributed by atoms with E-state index in [2.05, 4.69) is 4.98 Å². The van der Waals surface area contributed by atoms with Gasteiger partial charge in [-0.3, -0.25) is 4.98 Å². The smallest absolute Gasteiger partial charge is 0.145 e. The minimum atomic E-state index is 0.0348. The average molecular weight is 230 g/mol. The standard InChI is InChI=1S/C13H14N2O2/c14-7-11-3-6-13(8-15-11)17-12-4-1-10(9-16)2-5-12/h1-6,8,16H,7,9,14H2. The number of aliphatic hydroxyl groups excluding tert-OH is 1. The minimum Gasteiger partial charge on any atom is -0.456 e. The fraction of sp³-hybridized carbons (Fsp3) is 0.154. The summed E-state index contributed by atoms with van der Waals surface area (Å²) >= 11 is 0. The highest BCUT2D eigenvalue weighted by Crippen LogP contribution is 2.20. The van der Waals surface area contributed by atoms with Gasteiger partial charge in [0.1, 0.15) is 11.5 Å². The summed E-state index contributed by atoms with van der Waals surface area (Å²) in [4.78, 5) is 4.14. The summed E-state index contributed by atoms with van der Waals surface area (Å²) in [7, 11) is 0. The van der Waals surface area contributed by atoms with Crippen LogP contribution in [0.25, 0.3) is 0 Å². The van der Waals surface area contributed by atoms with Gasteiger partial charge in [0.05, 0.1) is 18.5 Å². The SMILES string of the molecule is NCc1ccc(Oc2ccc(CO)cc2)cn1. The molecule has 0 saturated carbocycles. The molecule has 0 radical (unpaired) electrons. The Morgan fingerprint density at radius 2 is 1.76 bits per heavy atom. The second-order valence-corrected chi connectivity index (χ2v) is 3.59. The van der Waals surface area contributed by atoms with E-state index in [0.29, 0.717) is 18.0 Å². The molecule has 0 unspecified atom stereocenters. The molecule has 0 aliphatic heterocycles. The van der Waals surface area contributed by atoms with Gasteiger partial charge in [-0.05, 0) is 29.8 Å². The van der Waals surface area contributed by atoms with Crippen molar-refractivity contribution in [3.63, 3.8) is 0 Å². The van der Waals surface area contributed by atoms with Gasteiger partial charge in [-0.2, -0.15) is 0 Å². The van der Waals surface area contributed by atoms with E-state index in [1.165, 1.54) is 0 Å². The van der Waals surface area contributed by atoms with Crippen molar-refractivity contribution in [1.29, 1.82) is 0 Å². The number of ether oxygens (including phenoxy) is 1. The highest BCUT2D eigenvalue weighted by molar-refractivity contribution is 5.32. The molecule has 0 saturated heterocycles. The van der Waals surface area contributed by atoms with Crippen LogP contribution >= 0.6 is 0 Å². The predicted octanol–water partition coefficient (Wildman–Crippen LogP) is 1.82. The van der Waals surface area contributed by atoms with E-state index in [1.54, 1.807) is 6.20 Å². The third-order valence-electron chi connectivity index (χ3n) is 2.35. The fourth-order valence-electron chi connectivity index (χ4n) is 1.39. The van der Waals surface area contributed by atoms with Crippen LogP contribution in [-0.4, -0.2) is 10.1 Å². The lowest BCUT2D eigenvalue weighted by atomic mass is 10.2. The first-order valence-corrected chi connectivity index (χ1v) is 5.34. The molecule has 4 nitrogen and oxygen atoms in total. The summed E-state index contributed by atoms with van der Waals surface area (Å²) in [6.45, 7) is 0.457. The van der Waals surface area contributed by atoms with Crippen LogP contribution in [-0.2, 0) is 13.2 Å². The van der Waals surface area contributed by atoms with Crippen LogP contribution in [0.4, 0.5) is 0 Å². The van der Waals surface area contributed by atoms with Crippen molar-refractivity contribution in [3.8, 4) is 11.5 Å². The maximum atomic E-state index is 8.91. The zero-order valence-corrected chi connectivity index (χ0v) is 9.34. The Labute approximate surface area is 99.7 Å². The second kappa shape index (κ2) is 5.43. The number of hydrogen-bond donors (Lipinski definition) is 2. The Kier molecular flexibility index (Phi) is 3.69. The summed E-state index contributed by atoms with van der Waals surface area (Å²) in [5.74, 6) is 1.38. The molecule has 0 aliphatic carbocycles. The van der Waals surface area contributed by atoms with Crippen LogP contribution in [0.2, 0.25) is 0 Å². The number of aromatic nitrogens is 1. The summed E-state index contributed by atoms with van der Waals surface area (Å²) < 4.78 is 5.59. The molecule has 0 fully saturated rings. The minimum absolute atomic E-state index is 0.0348. The molecule has 2 rings (SSSR count). The number of aliphatic hydroxyl groups is 1. The molecule has 0 atom stereocenters. The summed E-state index contributed by atoms with van der Waals surface area (Å²) in [5.41, 5.74) is 7.14. The Balaban J connectivity index is 2.08. The third kappa shape index (κ3) is 3.03. The lowest BCUT2D eigenvalue weighted by molar-refractivity contribution is 0.281. The van der Waals surface area contributed by atoms with Gasteiger partial charge in [0.25, 0.3) is 0 Å². The lowest BCUT2D eigenvalue weighted by Gasteiger charge is -2.06. The molecule has 1 aromatic carbocycles. The number of nitrogens with two attached hydrogens (primary N) is 1. The van der Waals surface area contributed by atoms with Crippen LogP contribution in [0.3, 0.4) is 0 Å². The van der Waals surface area contributed by atoms with Crippen molar-refractivity contribution in [2.75, 3.05) is 0 Å². The predicted molar refractivity (Wildman–Crippen MR) is 64.6 cm³/mol. The van der Waals surface area contributed by atoms with Crippen molar-refractivity contribution in [2.45, 2.75) is 13.2 Å². The largest absolute Gasteiger partial charge is 0.456 e. The van der Waals surface area contributed by atoms with Gasteiger partial charge >= 0.3 is 0 Å². The molecular weight excluding hydrogens is 216 g/mol. The first kappa shape index (κ1) is 11.6. The van der Waals surface area contributed by atoms with Crippen molar-refractivity contribution in [2.24, 2.45) is 5.73 Å². The molecule has 4 heteroatoms. The first-order valence-electron chi connectivity index (χ1n) is 5.34. The molecule has 17 heavy (non-hydrogen) atoms. The Morgan fingerprint density at radius 3 is 2.29 bits per heavy atom. The second-order valence-electron chi connectivity index (χ2n) is 3.59. The highest BCUT2D eigenvalue weighted by Gasteiger charge is 1.98. The molecule has 2 aromatic rings. The van der Waals surface area contributed by atoms with Crippen LogP contribution in [0.1, 0.15) is 11.3 Å². The van der Waals surface area contributed by atoms with Crippen molar-refractivity contribution < 1.29 is 9.84 Å². The first-order chi connectivity index (χ1) is 8.31. The molecular formula is C13H14N2O2. The van der Waals surface area contributed by atoms with Gasteiger partial charge < -0.3 is 15.6 Å². The zero-order chi connectivity index (χ0) is 12.1. The van der Waals surface area contributed by atoms with E-state index in [-0.39, 0.29) is 6.61 Å².